The minimum absolute atomic E-state index is 0.0913. The van der Waals surface area contributed by atoms with Crippen molar-refractivity contribution in [2.24, 2.45) is 0 Å². The summed E-state index contributed by atoms with van der Waals surface area (Å²) in [6.45, 7) is -2.55. The third kappa shape index (κ3) is 2.94. The fourth-order valence-electron chi connectivity index (χ4n) is 0.853. The summed E-state index contributed by atoms with van der Waals surface area (Å²) in [5.74, 6) is -0.506. The number of anilines is 1. The molecule has 80 valence electrons. The Balaban J connectivity index is 2.71. The molecule has 0 aliphatic carbocycles. The Bertz CT molecular complexity index is 444. The van der Waals surface area contributed by atoms with Gasteiger partial charge < -0.3 is 10.6 Å². The van der Waals surface area contributed by atoms with Crippen LogP contribution in [0.2, 0.25) is 0 Å². The molecule has 0 aliphatic rings. The van der Waals surface area contributed by atoms with Gasteiger partial charge in [0.05, 0.1) is 5.56 Å². The van der Waals surface area contributed by atoms with Crippen LogP contribution in [-0.2, 0) is 0 Å². The van der Waals surface area contributed by atoms with Crippen LogP contribution in [0.15, 0.2) is 18.3 Å². The van der Waals surface area contributed by atoms with Gasteiger partial charge in [0.25, 0.3) is 5.91 Å². The van der Waals surface area contributed by atoms with Gasteiger partial charge in [-0.1, -0.05) is 0 Å². The summed E-state index contributed by atoms with van der Waals surface area (Å²) in [6, 6.07) is 2.31. The quantitative estimate of drug-likeness (QED) is 0.653. The first-order valence-corrected chi connectivity index (χ1v) is 4.09. The van der Waals surface area contributed by atoms with Crippen molar-refractivity contribution < 1.29 is 13.7 Å². The van der Waals surface area contributed by atoms with Gasteiger partial charge in [0, 0.05) is 24.3 Å². The fraction of sp³-hybridized carbons (Fsp3) is 0.222. The number of nitrogens with zero attached hydrogens (tertiary/aromatic N) is 1. The molecule has 1 rings (SSSR count). The van der Waals surface area contributed by atoms with E-state index >= 15 is 0 Å². The second kappa shape index (κ2) is 4.94. The maximum Gasteiger partial charge on any atom is 0.320 e. The molecule has 0 spiro atoms. The van der Waals surface area contributed by atoms with Gasteiger partial charge in [-0.15, -0.1) is 0 Å². The Morgan fingerprint density at radius 3 is 2.73 bits per heavy atom. The van der Waals surface area contributed by atoms with Crippen LogP contribution in [0, 0.1) is 0 Å². The van der Waals surface area contributed by atoms with Crippen LogP contribution in [0.5, 0.6) is 0 Å². The number of hydrogen-bond acceptors (Lipinski definition) is 3. The van der Waals surface area contributed by atoms with Gasteiger partial charge in [0.15, 0.2) is 0 Å². The molecule has 6 nitrogen and oxygen atoms in total. The maximum absolute atomic E-state index is 11.4. The summed E-state index contributed by atoms with van der Waals surface area (Å²) in [6.07, 6.45) is 1.17. The van der Waals surface area contributed by atoms with Gasteiger partial charge in [0.1, 0.15) is 5.82 Å². The minimum Gasteiger partial charge on any atom is -0.355 e. The summed E-state index contributed by atoms with van der Waals surface area (Å²) in [5, 5.41) is 6.57. The molecule has 1 aromatic rings. The van der Waals surface area contributed by atoms with E-state index in [0.717, 1.165) is 0 Å². The van der Waals surface area contributed by atoms with Crippen molar-refractivity contribution >= 4 is 17.8 Å². The first-order valence-electron chi connectivity index (χ1n) is 5.59. The number of urea groups is 1. The van der Waals surface area contributed by atoms with Crippen molar-refractivity contribution in [3.8, 4) is 0 Å². The molecule has 15 heavy (non-hydrogen) atoms. The zero-order chi connectivity index (χ0) is 13.8. The van der Waals surface area contributed by atoms with Crippen LogP contribution in [0.4, 0.5) is 10.6 Å². The van der Waals surface area contributed by atoms with Crippen molar-refractivity contribution in [1.82, 2.24) is 15.6 Å². The number of rotatable bonds is 2. The average molecular weight is 211 g/mol. The molecule has 0 saturated carbocycles. The van der Waals surface area contributed by atoms with Crippen LogP contribution >= 0.6 is 0 Å². The molecule has 3 N–H and O–H groups in total. The number of amides is 3. The molecule has 0 unspecified atom stereocenters. The summed E-state index contributed by atoms with van der Waals surface area (Å²) in [7, 11) is 1.45. The normalized spacial score (nSPS) is 13.0. The van der Waals surface area contributed by atoms with E-state index in [4.69, 9.17) is 4.11 Å². The lowest BCUT2D eigenvalue weighted by Gasteiger charge is -2.03. The number of carbonyl (C=O) groups excluding carboxylic acids is 2. The number of carbonyl (C=O) groups is 2. The number of aromatic nitrogens is 1. The van der Waals surface area contributed by atoms with E-state index in [0.29, 0.717) is 0 Å². The molecule has 3 amide bonds. The predicted octanol–water partition coefficient (Wildman–Crippen LogP) is 0.192. The molecule has 0 aromatic carbocycles. The van der Waals surface area contributed by atoms with Crippen molar-refractivity contribution in [1.29, 1.82) is 0 Å². The summed E-state index contributed by atoms with van der Waals surface area (Å²) < 4.78 is 20.7. The second-order valence-corrected chi connectivity index (χ2v) is 2.59. The number of pyridine rings is 1. The standard InChI is InChI=1S/C9H12N4O2/c1-10-8(14)6-3-4-7(12-5-6)13-9(15)11-2/h3-5H,1-2H3,(H,10,14)(H2,11,12,13,15)/i1D3. The monoisotopic (exact) mass is 211 g/mol. The van der Waals surface area contributed by atoms with Crippen LogP contribution in [-0.4, -0.2) is 30.9 Å². The average Bonchev–Trinajstić information content (AvgIpc) is 2.27. The molecule has 1 aromatic heterocycles. The largest absolute Gasteiger partial charge is 0.355 e. The van der Waals surface area contributed by atoms with Gasteiger partial charge in [-0.25, -0.2) is 9.78 Å². The SMILES string of the molecule is [2H]C([2H])([2H])NC(=O)c1ccc(NC(=O)NC)nc1. The molecule has 6 heteroatoms. The van der Waals surface area contributed by atoms with Crippen molar-refractivity contribution in [3.63, 3.8) is 0 Å². The van der Waals surface area contributed by atoms with Crippen molar-refractivity contribution in [2.45, 2.75) is 0 Å². The minimum atomic E-state index is -2.55. The zero-order valence-electron chi connectivity index (χ0n) is 11.0. The molecule has 0 aliphatic heterocycles. The smallest absolute Gasteiger partial charge is 0.320 e. The summed E-state index contributed by atoms with van der Waals surface area (Å²) in [4.78, 5) is 26.2. The summed E-state index contributed by atoms with van der Waals surface area (Å²) in [5.41, 5.74) is 0.0913. The molecule has 0 atom stereocenters. The van der Waals surface area contributed by atoms with Crippen LogP contribution < -0.4 is 16.0 Å². The van der Waals surface area contributed by atoms with Gasteiger partial charge in [-0.05, 0) is 12.1 Å². The van der Waals surface area contributed by atoms with E-state index in [2.05, 4.69) is 15.6 Å². The zero-order valence-corrected chi connectivity index (χ0v) is 8.00. The van der Waals surface area contributed by atoms with Gasteiger partial charge in [-0.2, -0.15) is 0 Å². The molecular formula is C9H12N4O2. The number of hydrogen-bond donors (Lipinski definition) is 3. The Morgan fingerprint density at radius 2 is 2.20 bits per heavy atom. The Kier molecular flexibility index (Phi) is 2.38. The lowest BCUT2D eigenvalue weighted by atomic mass is 10.2. The fourth-order valence-corrected chi connectivity index (χ4v) is 0.853. The van der Waals surface area contributed by atoms with E-state index < -0.39 is 18.9 Å². The highest BCUT2D eigenvalue weighted by Crippen LogP contribution is 2.04. The van der Waals surface area contributed by atoms with Crippen LogP contribution in [0.3, 0.4) is 0 Å². The summed E-state index contributed by atoms with van der Waals surface area (Å²) >= 11 is 0. The molecule has 0 fully saturated rings. The lowest BCUT2D eigenvalue weighted by molar-refractivity contribution is 0.0963. The first kappa shape index (κ1) is 7.22. The van der Waals surface area contributed by atoms with E-state index in [-0.39, 0.29) is 11.4 Å². The van der Waals surface area contributed by atoms with Crippen molar-refractivity contribution in [2.75, 3.05) is 19.3 Å². The molecular weight excluding hydrogens is 196 g/mol. The highest BCUT2D eigenvalue weighted by atomic mass is 16.2. The third-order valence-electron chi connectivity index (χ3n) is 1.61. The first-order chi connectivity index (χ1) is 8.31. The molecule has 0 radical (unpaired) electrons. The van der Waals surface area contributed by atoms with E-state index in [1.54, 1.807) is 0 Å². The Morgan fingerprint density at radius 1 is 1.40 bits per heavy atom. The van der Waals surface area contributed by atoms with E-state index in [1.165, 1.54) is 25.4 Å². The van der Waals surface area contributed by atoms with Crippen LogP contribution in [0.25, 0.3) is 0 Å². The molecule has 0 saturated heterocycles. The predicted molar refractivity (Wildman–Crippen MR) is 55.7 cm³/mol. The Hall–Kier alpha value is -2.11. The topological polar surface area (TPSA) is 83.1 Å². The molecule has 1 heterocycles. The van der Waals surface area contributed by atoms with Gasteiger partial charge in [-0.3, -0.25) is 10.1 Å². The molecule has 0 bridgehead atoms. The third-order valence-corrected chi connectivity index (χ3v) is 1.61. The highest BCUT2D eigenvalue weighted by Gasteiger charge is 2.04. The van der Waals surface area contributed by atoms with Gasteiger partial charge >= 0.3 is 6.03 Å². The second-order valence-electron chi connectivity index (χ2n) is 2.59. The Labute approximate surface area is 91.3 Å². The van der Waals surface area contributed by atoms with Gasteiger partial charge in [0.2, 0.25) is 0 Å². The highest BCUT2D eigenvalue weighted by molar-refractivity contribution is 5.94. The maximum atomic E-state index is 11.4. The van der Waals surface area contributed by atoms with Crippen molar-refractivity contribution in [3.05, 3.63) is 23.9 Å². The van der Waals surface area contributed by atoms with Crippen LogP contribution in [0.1, 0.15) is 14.5 Å². The lowest BCUT2D eigenvalue weighted by Crippen LogP contribution is -2.25. The van der Waals surface area contributed by atoms with E-state index in [9.17, 15) is 9.59 Å². The number of nitrogens with one attached hydrogen (secondary N) is 3. The van der Waals surface area contributed by atoms with E-state index in [1.807, 2.05) is 5.32 Å².